The molecule has 0 aromatic carbocycles. The molecule has 0 aliphatic rings. The maximum Gasteiger partial charge on any atom is 0.416 e. The number of nitrogens with zero attached hydrogens (tertiary/aromatic N) is 1. The first-order chi connectivity index (χ1) is 8.88. The average molecular weight is 290 g/mol. The van der Waals surface area contributed by atoms with Crippen molar-refractivity contribution in [3.63, 3.8) is 0 Å². The average Bonchev–Trinajstić information content (AvgIpc) is 2.27. The highest BCUT2D eigenvalue weighted by Crippen LogP contribution is 2.35. The van der Waals surface area contributed by atoms with E-state index in [2.05, 4.69) is 10.3 Å². The van der Waals surface area contributed by atoms with Crippen molar-refractivity contribution in [2.45, 2.75) is 39.4 Å². The van der Waals surface area contributed by atoms with Gasteiger partial charge in [0.05, 0.1) is 11.0 Å². The minimum Gasteiger partial charge on any atom is -0.481 e. The largest absolute Gasteiger partial charge is 0.481 e. The fourth-order valence-corrected chi connectivity index (χ4v) is 1.42. The second-order valence-electron chi connectivity index (χ2n) is 5.61. The molecule has 0 spiro atoms. The van der Waals surface area contributed by atoms with E-state index in [1.54, 1.807) is 13.8 Å². The van der Waals surface area contributed by atoms with Gasteiger partial charge < -0.3 is 10.4 Å². The third-order valence-electron chi connectivity index (χ3n) is 3.62. The molecule has 0 bridgehead atoms. The third-order valence-corrected chi connectivity index (χ3v) is 3.62. The number of nitrogens with one attached hydrogen (secondary N) is 1. The molecular weight excluding hydrogens is 273 g/mol. The predicted molar refractivity (Wildman–Crippen MR) is 68.4 cm³/mol. The van der Waals surface area contributed by atoms with Crippen LogP contribution in [0.5, 0.6) is 0 Å². The van der Waals surface area contributed by atoms with Crippen LogP contribution < -0.4 is 5.32 Å². The summed E-state index contributed by atoms with van der Waals surface area (Å²) in [5, 5.41) is 12.0. The number of hydrogen-bond acceptors (Lipinski definition) is 3. The van der Waals surface area contributed by atoms with Gasteiger partial charge in [-0.2, -0.15) is 13.2 Å². The van der Waals surface area contributed by atoms with Crippen LogP contribution in [0.15, 0.2) is 18.3 Å². The highest BCUT2D eigenvalue weighted by Gasteiger charge is 2.44. The lowest BCUT2D eigenvalue weighted by Gasteiger charge is -2.39. The van der Waals surface area contributed by atoms with E-state index in [1.807, 2.05) is 0 Å². The van der Waals surface area contributed by atoms with E-state index in [0.717, 1.165) is 18.3 Å². The van der Waals surface area contributed by atoms with Crippen molar-refractivity contribution >= 4 is 11.8 Å². The lowest BCUT2D eigenvalue weighted by molar-refractivity contribution is -0.149. The minimum atomic E-state index is -4.47. The van der Waals surface area contributed by atoms with Crippen LogP contribution in [0.25, 0.3) is 0 Å². The molecule has 0 unspecified atom stereocenters. The topological polar surface area (TPSA) is 62.2 Å². The van der Waals surface area contributed by atoms with Gasteiger partial charge >= 0.3 is 12.1 Å². The Kier molecular flexibility index (Phi) is 4.03. The number of halogens is 3. The van der Waals surface area contributed by atoms with Gasteiger partial charge in [-0.25, -0.2) is 4.98 Å². The van der Waals surface area contributed by atoms with E-state index in [4.69, 9.17) is 0 Å². The van der Waals surface area contributed by atoms with Gasteiger partial charge in [0.15, 0.2) is 0 Å². The van der Waals surface area contributed by atoms with Crippen molar-refractivity contribution in [2.24, 2.45) is 5.41 Å². The van der Waals surface area contributed by atoms with Crippen molar-refractivity contribution in [3.8, 4) is 0 Å². The molecule has 0 amide bonds. The normalized spacial score (nSPS) is 13.2. The number of hydrogen-bond donors (Lipinski definition) is 2. The highest BCUT2D eigenvalue weighted by molar-refractivity contribution is 5.76. The van der Waals surface area contributed by atoms with Crippen LogP contribution in [0.3, 0.4) is 0 Å². The van der Waals surface area contributed by atoms with Crippen LogP contribution in [0.1, 0.15) is 33.3 Å². The van der Waals surface area contributed by atoms with E-state index < -0.39 is 28.7 Å². The molecule has 7 heteroatoms. The van der Waals surface area contributed by atoms with Gasteiger partial charge in [-0.1, -0.05) is 0 Å². The smallest absolute Gasteiger partial charge is 0.416 e. The number of aromatic nitrogens is 1. The molecule has 0 atom stereocenters. The number of aliphatic carboxylic acids is 1. The Morgan fingerprint density at radius 1 is 1.25 bits per heavy atom. The number of carboxylic acid groups (broad SMARTS) is 1. The summed E-state index contributed by atoms with van der Waals surface area (Å²) in [4.78, 5) is 15.1. The standard InChI is InChI=1S/C13H17F3N2O2/c1-11(2,10(19)20)12(3,4)18-9-7-8(5-6-17-9)13(14,15)16/h5-7H,1-4H3,(H,17,18)(H,19,20). The lowest BCUT2D eigenvalue weighted by atomic mass is 9.74. The monoisotopic (exact) mass is 290 g/mol. The van der Waals surface area contributed by atoms with Crippen LogP contribution in [0.2, 0.25) is 0 Å². The molecule has 1 aromatic rings. The van der Waals surface area contributed by atoms with Crippen LogP contribution in [0, 0.1) is 5.41 Å². The molecule has 1 heterocycles. The molecule has 112 valence electrons. The molecule has 4 nitrogen and oxygen atoms in total. The van der Waals surface area contributed by atoms with Gasteiger partial charge in [0, 0.05) is 11.7 Å². The van der Waals surface area contributed by atoms with Gasteiger partial charge in [-0.3, -0.25) is 4.79 Å². The molecule has 1 aromatic heterocycles. The van der Waals surface area contributed by atoms with E-state index in [1.165, 1.54) is 13.8 Å². The van der Waals surface area contributed by atoms with Gasteiger partial charge in [0.25, 0.3) is 0 Å². The maximum atomic E-state index is 12.6. The summed E-state index contributed by atoms with van der Waals surface area (Å²) in [5.74, 6) is -1.07. The molecular formula is C13H17F3N2O2. The first-order valence-electron chi connectivity index (χ1n) is 5.93. The number of alkyl halides is 3. The molecule has 0 saturated heterocycles. The number of anilines is 1. The lowest BCUT2D eigenvalue weighted by Crippen LogP contribution is -2.50. The first-order valence-corrected chi connectivity index (χ1v) is 5.93. The molecule has 0 aliphatic heterocycles. The quantitative estimate of drug-likeness (QED) is 0.892. The minimum absolute atomic E-state index is 0.0147. The summed E-state index contributed by atoms with van der Waals surface area (Å²) in [6.45, 7) is 6.19. The molecule has 0 radical (unpaired) electrons. The molecule has 0 saturated carbocycles. The Bertz CT molecular complexity index is 511. The molecule has 2 N–H and O–H groups in total. The Balaban J connectivity index is 3.08. The second kappa shape index (κ2) is 4.96. The van der Waals surface area contributed by atoms with E-state index >= 15 is 0 Å². The highest BCUT2D eigenvalue weighted by atomic mass is 19.4. The summed E-state index contributed by atoms with van der Waals surface area (Å²) in [7, 11) is 0. The summed E-state index contributed by atoms with van der Waals surface area (Å²) < 4.78 is 37.8. The molecule has 0 fully saturated rings. The van der Waals surface area contributed by atoms with Crippen molar-refractivity contribution in [2.75, 3.05) is 5.32 Å². The Hall–Kier alpha value is -1.79. The molecule has 1 rings (SSSR count). The Morgan fingerprint density at radius 3 is 2.25 bits per heavy atom. The maximum absolute atomic E-state index is 12.6. The second-order valence-corrected chi connectivity index (χ2v) is 5.61. The molecule has 20 heavy (non-hydrogen) atoms. The Morgan fingerprint density at radius 2 is 1.80 bits per heavy atom. The van der Waals surface area contributed by atoms with E-state index in [0.29, 0.717) is 0 Å². The zero-order valence-corrected chi connectivity index (χ0v) is 11.7. The third kappa shape index (κ3) is 3.20. The fourth-order valence-electron chi connectivity index (χ4n) is 1.42. The number of pyridine rings is 1. The SMILES string of the molecule is CC(C)(Nc1cc(C(F)(F)F)ccn1)C(C)(C)C(=O)O. The summed E-state index contributed by atoms with van der Waals surface area (Å²) in [6.07, 6.45) is -3.43. The first kappa shape index (κ1) is 16.3. The number of carbonyl (C=O) groups is 1. The summed E-state index contributed by atoms with van der Waals surface area (Å²) in [6, 6.07) is 1.72. The number of carboxylic acids is 1. The summed E-state index contributed by atoms with van der Waals surface area (Å²) >= 11 is 0. The van der Waals surface area contributed by atoms with Crippen LogP contribution >= 0.6 is 0 Å². The van der Waals surface area contributed by atoms with Gasteiger partial charge in [-0.15, -0.1) is 0 Å². The van der Waals surface area contributed by atoms with E-state index in [9.17, 15) is 23.1 Å². The van der Waals surface area contributed by atoms with Crippen molar-refractivity contribution in [3.05, 3.63) is 23.9 Å². The summed E-state index contributed by atoms with van der Waals surface area (Å²) in [5.41, 5.74) is -3.02. The number of rotatable bonds is 4. The van der Waals surface area contributed by atoms with Gasteiger partial charge in [0.1, 0.15) is 5.82 Å². The van der Waals surface area contributed by atoms with Gasteiger partial charge in [-0.05, 0) is 39.8 Å². The van der Waals surface area contributed by atoms with Crippen LogP contribution in [-0.4, -0.2) is 21.6 Å². The van der Waals surface area contributed by atoms with E-state index in [-0.39, 0.29) is 5.82 Å². The van der Waals surface area contributed by atoms with Crippen LogP contribution in [-0.2, 0) is 11.0 Å². The van der Waals surface area contributed by atoms with Gasteiger partial charge in [0.2, 0.25) is 0 Å². The predicted octanol–water partition coefficient (Wildman–Crippen LogP) is 3.40. The molecule has 0 aliphatic carbocycles. The zero-order valence-electron chi connectivity index (χ0n) is 11.7. The Labute approximate surface area is 115 Å². The van der Waals surface area contributed by atoms with Crippen molar-refractivity contribution < 1.29 is 23.1 Å². The van der Waals surface area contributed by atoms with Crippen molar-refractivity contribution in [1.29, 1.82) is 0 Å². The fraction of sp³-hybridized carbons (Fsp3) is 0.538. The van der Waals surface area contributed by atoms with Crippen molar-refractivity contribution in [1.82, 2.24) is 4.98 Å². The zero-order chi connectivity index (χ0) is 15.8. The van der Waals surface area contributed by atoms with Crippen LogP contribution in [0.4, 0.5) is 19.0 Å².